The number of ether oxygens (including phenoxy) is 3. The number of carbonyl (C=O) groups is 1. The van der Waals surface area contributed by atoms with Gasteiger partial charge in [-0.05, 0) is 130 Å². The van der Waals surface area contributed by atoms with Crippen LogP contribution in [0.3, 0.4) is 0 Å². The van der Waals surface area contributed by atoms with Crippen LogP contribution in [0.4, 0.5) is 0 Å². The second-order valence-corrected chi connectivity index (χ2v) is 21.6. The molecule has 3 fully saturated rings. The van der Waals surface area contributed by atoms with Gasteiger partial charge in [0.2, 0.25) is 0 Å². The van der Waals surface area contributed by atoms with Crippen LogP contribution < -0.4 is 0 Å². The zero-order valence-corrected chi connectivity index (χ0v) is 30.7. The summed E-state index contributed by atoms with van der Waals surface area (Å²) in [5, 5.41) is 0.258. The zero-order valence-electron chi connectivity index (χ0n) is 29.7. The van der Waals surface area contributed by atoms with Crippen LogP contribution in [-0.2, 0) is 23.4 Å². The number of hydrogen-bond donors (Lipinski definition) is 0. The van der Waals surface area contributed by atoms with Crippen molar-refractivity contribution < 1.29 is 23.4 Å². The lowest BCUT2D eigenvalue weighted by Gasteiger charge is -2.59. The lowest BCUT2D eigenvalue weighted by atomic mass is 9.47. The van der Waals surface area contributed by atoms with Gasteiger partial charge in [0.1, 0.15) is 6.79 Å². The maximum absolute atomic E-state index is 12.7. The minimum Gasteiger partial charge on any atom is -0.466 e. The third-order valence-electron chi connectivity index (χ3n) is 13.7. The summed E-state index contributed by atoms with van der Waals surface area (Å²) < 4.78 is 24.1. The molecule has 4 aliphatic rings. The molecule has 5 nitrogen and oxygen atoms in total. The first-order valence-corrected chi connectivity index (χ1v) is 20.7. The van der Waals surface area contributed by atoms with E-state index in [0.29, 0.717) is 41.8 Å². The minimum atomic E-state index is -1.77. The molecule has 0 aromatic carbocycles. The SMILES string of the molecule is CCOC(=O)[C@H](CC)C[C@H](OCOC)C(C)[C@H]1CC[C@H]2[C@@H]3CC=C4C[C@@H](O[Si](C)(C)C(C)(C)C)CC[C@]4(C)[C@H]3CC[C@]12C. The minimum absolute atomic E-state index is 0.000784. The highest BCUT2D eigenvalue weighted by molar-refractivity contribution is 6.74. The quantitative estimate of drug-likeness (QED) is 0.0943. The Morgan fingerprint density at radius 3 is 2.42 bits per heavy atom. The third kappa shape index (κ3) is 6.88. The van der Waals surface area contributed by atoms with Gasteiger partial charge >= 0.3 is 5.97 Å². The van der Waals surface area contributed by atoms with Gasteiger partial charge in [-0.2, -0.15) is 0 Å². The van der Waals surface area contributed by atoms with Crippen LogP contribution in [0.5, 0.6) is 0 Å². The fraction of sp³-hybridized carbons (Fsp3) is 0.919. The van der Waals surface area contributed by atoms with Gasteiger partial charge in [0, 0.05) is 13.2 Å². The maximum atomic E-state index is 12.7. The van der Waals surface area contributed by atoms with Crippen molar-refractivity contribution in [1.82, 2.24) is 0 Å². The molecule has 6 heteroatoms. The Labute approximate surface area is 265 Å². The molecule has 3 saturated carbocycles. The van der Waals surface area contributed by atoms with Crippen molar-refractivity contribution in [2.75, 3.05) is 20.5 Å². The molecular formula is C37H66O5Si. The first kappa shape index (κ1) is 35.2. The van der Waals surface area contributed by atoms with Crippen molar-refractivity contribution in [3.8, 4) is 0 Å². The van der Waals surface area contributed by atoms with Crippen LogP contribution in [0, 0.1) is 46.3 Å². The van der Waals surface area contributed by atoms with Crippen molar-refractivity contribution in [3.63, 3.8) is 0 Å². The predicted molar refractivity (Wildman–Crippen MR) is 178 cm³/mol. The topological polar surface area (TPSA) is 54.0 Å². The molecule has 0 heterocycles. The van der Waals surface area contributed by atoms with Crippen LogP contribution in [0.15, 0.2) is 11.6 Å². The summed E-state index contributed by atoms with van der Waals surface area (Å²) in [5.74, 6) is 3.12. The number of allylic oxidation sites excluding steroid dienone is 1. The molecule has 0 aromatic heterocycles. The summed E-state index contributed by atoms with van der Waals surface area (Å²) in [7, 11) is -0.0750. The van der Waals surface area contributed by atoms with Crippen molar-refractivity contribution in [2.45, 2.75) is 150 Å². The fourth-order valence-corrected chi connectivity index (χ4v) is 11.4. The molecular weight excluding hydrogens is 552 g/mol. The number of esters is 1. The van der Waals surface area contributed by atoms with Crippen LogP contribution in [0.2, 0.25) is 18.1 Å². The van der Waals surface area contributed by atoms with E-state index in [1.54, 1.807) is 12.7 Å². The second-order valence-electron chi connectivity index (χ2n) is 16.8. The molecule has 0 saturated heterocycles. The van der Waals surface area contributed by atoms with E-state index in [1.165, 1.54) is 44.9 Å². The van der Waals surface area contributed by atoms with Crippen molar-refractivity contribution >= 4 is 14.3 Å². The van der Waals surface area contributed by atoms with E-state index in [1.807, 2.05) is 6.92 Å². The number of hydrogen-bond acceptors (Lipinski definition) is 5. The Bertz CT molecular complexity index is 986. The van der Waals surface area contributed by atoms with Gasteiger partial charge in [-0.15, -0.1) is 0 Å². The van der Waals surface area contributed by atoms with Gasteiger partial charge in [0.25, 0.3) is 0 Å². The summed E-state index contributed by atoms with van der Waals surface area (Å²) in [6, 6.07) is 0. The number of rotatable bonds is 12. The lowest BCUT2D eigenvalue weighted by Crippen LogP contribution is -2.52. The summed E-state index contributed by atoms with van der Waals surface area (Å²) in [5.41, 5.74) is 2.37. The molecule has 248 valence electrons. The standard InChI is InChI=1S/C37H66O5Si/c1-12-26(34(38)40-13-2)22-33(41-24-39-9)25(3)30-16-17-31-29-15-14-27-23-28(42-43(10,11)35(4,5)6)18-20-36(27,7)32(29)19-21-37(30,31)8/h14,25-26,28-33H,12-13,15-24H2,1-11H3/t25?,26-,28+,29+,30-,31+,32+,33+,36+,37-/m1/s1. The molecule has 43 heavy (non-hydrogen) atoms. The summed E-state index contributed by atoms with van der Waals surface area (Å²) in [4.78, 5) is 12.7. The smallest absolute Gasteiger partial charge is 0.309 e. The highest BCUT2D eigenvalue weighted by atomic mass is 28.4. The average molecular weight is 619 g/mol. The van der Waals surface area contributed by atoms with Gasteiger partial charge in [-0.25, -0.2) is 0 Å². The Kier molecular flexibility index (Phi) is 11.1. The van der Waals surface area contributed by atoms with Gasteiger partial charge in [0.15, 0.2) is 8.32 Å². The number of carbonyl (C=O) groups excluding carboxylic acids is 1. The largest absolute Gasteiger partial charge is 0.466 e. The molecule has 10 atom stereocenters. The molecule has 4 rings (SSSR count). The van der Waals surface area contributed by atoms with E-state index in [4.69, 9.17) is 18.6 Å². The molecule has 0 spiro atoms. The second kappa shape index (κ2) is 13.6. The lowest BCUT2D eigenvalue weighted by molar-refractivity contribution is -0.154. The van der Waals surface area contributed by atoms with E-state index in [9.17, 15) is 4.79 Å². The maximum Gasteiger partial charge on any atom is 0.309 e. The Hall–Kier alpha value is -0.693. The van der Waals surface area contributed by atoms with Crippen molar-refractivity contribution in [2.24, 2.45) is 46.3 Å². The molecule has 0 amide bonds. The van der Waals surface area contributed by atoms with Crippen LogP contribution in [-0.4, -0.2) is 47.0 Å². The summed E-state index contributed by atoms with van der Waals surface area (Å²) in [6.45, 7) is 24.2. The Morgan fingerprint density at radius 1 is 1.07 bits per heavy atom. The normalized spacial score (nSPS) is 36.5. The van der Waals surface area contributed by atoms with E-state index in [2.05, 4.69) is 67.6 Å². The van der Waals surface area contributed by atoms with E-state index < -0.39 is 8.32 Å². The molecule has 1 unspecified atom stereocenters. The monoisotopic (exact) mass is 618 g/mol. The van der Waals surface area contributed by atoms with E-state index in [-0.39, 0.29) is 29.8 Å². The molecule has 0 aromatic rings. The highest BCUT2D eigenvalue weighted by Crippen LogP contribution is 2.67. The predicted octanol–water partition coefficient (Wildman–Crippen LogP) is 9.56. The number of methoxy groups -OCH3 is 1. The Balaban J connectivity index is 1.49. The molecule has 4 aliphatic carbocycles. The van der Waals surface area contributed by atoms with Crippen LogP contribution in [0.1, 0.15) is 120 Å². The molecule has 0 aliphatic heterocycles. The zero-order chi connectivity index (χ0) is 31.8. The molecule has 0 bridgehead atoms. The van der Waals surface area contributed by atoms with Gasteiger partial charge in [-0.3, -0.25) is 4.79 Å². The first-order valence-electron chi connectivity index (χ1n) is 17.8. The van der Waals surface area contributed by atoms with E-state index in [0.717, 1.165) is 30.6 Å². The first-order chi connectivity index (χ1) is 20.1. The fourth-order valence-electron chi connectivity index (χ4n) is 10.0. The van der Waals surface area contributed by atoms with E-state index >= 15 is 0 Å². The molecule has 0 radical (unpaired) electrons. The van der Waals surface area contributed by atoms with Crippen LogP contribution in [0.25, 0.3) is 0 Å². The van der Waals surface area contributed by atoms with Crippen molar-refractivity contribution in [3.05, 3.63) is 11.6 Å². The average Bonchev–Trinajstić information content (AvgIpc) is 3.29. The highest BCUT2D eigenvalue weighted by Gasteiger charge is 2.60. The summed E-state index contributed by atoms with van der Waals surface area (Å²) in [6.07, 6.45) is 14.7. The summed E-state index contributed by atoms with van der Waals surface area (Å²) >= 11 is 0. The third-order valence-corrected chi connectivity index (χ3v) is 18.2. The van der Waals surface area contributed by atoms with Gasteiger partial charge < -0.3 is 18.6 Å². The number of fused-ring (bicyclic) bond motifs is 5. The van der Waals surface area contributed by atoms with Crippen LogP contribution >= 0.6 is 0 Å². The van der Waals surface area contributed by atoms with Crippen molar-refractivity contribution in [1.29, 1.82) is 0 Å². The molecule has 0 N–H and O–H groups in total. The van der Waals surface area contributed by atoms with Gasteiger partial charge in [-0.1, -0.05) is 60.1 Å². The van der Waals surface area contributed by atoms with Gasteiger partial charge in [0.05, 0.1) is 18.6 Å². The Morgan fingerprint density at radius 2 is 1.79 bits per heavy atom.